The summed E-state index contributed by atoms with van der Waals surface area (Å²) in [4.78, 5) is -0.0677. The molecule has 21 heavy (non-hydrogen) atoms. The maximum absolute atomic E-state index is 13.3. The lowest BCUT2D eigenvalue weighted by Gasteiger charge is -2.23. The summed E-state index contributed by atoms with van der Waals surface area (Å²) in [6, 6.07) is 2.30. The second-order valence-electron chi connectivity index (χ2n) is 5.10. The lowest BCUT2D eigenvalue weighted by molar-refractivity contribution is 0.376. The van der Waals surface area contributed by atoms with Crippen molar-refractivity contribution >= 4 is 34.0 Å². The molecule has 2 N–H and O–H groups in total. The van der Waals surface area contributed by atoms with Crippen molar-refractivity contribution in [2.45, 2.75) is 24.7 Å². The highest BCUT2D eigenvalue weighted by atomic mass is 35.5. The molecule has 1 heterocycles. The van der Waals surface area contributed by atoms with E-state index in [-0.39, 0.29) is 33.8 Å². The van der Waals surface area contributed by atoms with Gasteiger partial charge in [-0.25, -0.2) is 17.5 Å². The van der Waals surface area contributed by atoms with E-state index in [0.29, 0.717) is 6.54 Å². The van der Waals surface area contributed by atoms with Gasteiger partial charge in [0.2, 0.25) is 10.0 Å². The van der Waals surface area contributed by atoms with E-state index in [1.54, 1.807) is 0 Å². The summed E-state index contributed by atoms with van der Waals surface area (Å²) >= 11 is 5.84. The normalized spacial score (nSPS) is 19.1. The lowest BCUT2D eigenvalue weighted by Crippen LogP contribution is -2.38. The minimum absolute atomic E-state index is 0. The van der Waals surface area contributed by atoms with Gasteiger partial charge < -0.3 is 5.32 Å². The van der Waals surface area contributed by atoms with Crippen LogP contribution >= 0.6 is 24.0 Å². The van der Waals surface area contributed by atoms with Crippen LogP contribution in [-0.4, -0.2) is 28.1 Å². The lowest BCUT2D eigenvalue weighted by atomic mass is 10.0. The fraction of sp³-hybridized carbons (Fsp3) is 0.538. The van der Waals surface area contributed by atoms with Gasteiger partial charge in [0.1, 0.15) is 10.7 Å². The monoisotopic (exact) mass is 356 g/mol. The standard InChI is InChI=1S/C13H18ClFN2O2S.ClH/c1-9-5-13(11(14)6-12(9)15)20(18,19)17-8-10-3-2-4-16-7-10;/h5-6,10,16-17H,2-4,7-8H2,1H3;1H. The first-order valence-corrected chi connectivity index (χ1v) is 8.42. The third-order valence-electron chi connectivity index (χ3n) is 3.46. The molecule has 1 aromatic carbocycles. The zero-order valence-corrected chi connectivity index (χ0v) is 14.0. The summed E-state index contributed by atoms with van der Waals surface area (Å²) in [5, 5.41) is 3.13. The van der Waals surface area contributed by atoms with Crippen LogP contribution in [0.1, 0.15) is 18.4 Å². The van der Waals surface area contributed by atoms with Crippen LogP contribution in [0, 0.1) is 18.7 Å². The number of sulfonamides is 1. The third-order valence-corrected chi connectivity index (χ3v) is 5.35. The summed E-state index contributed by atoms with van der Waals surface area (Å²) in [5.41, 5.74) is 0.258. The molecule has 0 aliphatic carbocycles. The quantitative estimate of drug-likeness (QED) is 0.871. The van der Waals surface area contributed by atoms with Gasteiger partial charge >= 0.3 is 0 Å². The number of rotatable bonds is 4. The number of aryl methyl sites for hydroxylation is 1. The molecule has 1 atom stereocenters. The van der Waals surface area contributed by atoms with Gasteiger partial charge in [-0.15, -0.1) is 12.4 Å². The van der Waals surface area contributed by atoms with E-state index < -0.39 is 15.8 Å². The number of benzene rings is 1. The van der Waals surface area contributed by atoms with E-state index >= 15 is 0 Å². The molecule has 1 unspecified atom stereocenters. The number of nitrogens with one attached hydrogen (secondary N) is 2. The Hall–Kier alpha value is -0.400. The number of piperidine rings is 1. The van der Waals surface area contributed by atoms with Gasteiger partial charge in [0, 0.05) is 6.54 Å². The van der Waals surface area contributed by atoms with Crippen molar-refractivity contribution in [1.82, 2.24) is 10.0 Å². The summed E-state index contributed by atoms with van der Waals surface area (Å²) in [6.45, 7) is 3.66. The Morgan fingerprint density at radius 1 is 1.48 bits per heavy atom. The molecule has 1 aliphatic rings. The highest BCUT2D eigenvalue weighted by molar-refractivity contribution is 7.89. The predicted octanol–water partition coefficient (Wildman–Crippen LogP) is 2.49. The Morgan fingerprint density at radius 3 is 2.81 bits per heavy atom. The van der Waals surface area contributed by atoms with Crippen LogP contribution in [0.25, 0.3) is 0 Å². The maximum Gasteiger partial charge on any atom is 0.242 e. The summed E-state index contributed by atoms with van der Waals surface area (Å²) in [6.07, 6.45) is 2.04. The first-order valence-electron chi connectivity index (χ1n) is 6.56. The SMILES string of the molecule is Cc1cc(S(=O)(=O)NCC2CCCNC2)c(Cl)cc1F.Cl. The van der Waals surface area contributed by atoms with E-state index in [2.05, 4.69) is 10.0 Å². The second kappa shape index (κ2) is 7.74. The molecule has 0 saturated carbocycles. The van der Waals surface area contributed by atoms with Gasteiger partial charge in [0.05, 0.1) is 5.02 Å². The van der Waals surface area contributed by atoms with Crippen LogP contribution in [0.4, 0.5) is 4.39 Å². The van der Waals surface area contributed by atoms with E-state index in [9.17, 15) is 12.8 Å². The van der Waals surface area contributed by atoms with Crippen LogP contribution in [0.3, 0.4) is 0 Å². The molecule has 0 bridgehead atoms. The fourth-order valence-electron chi connectivity index (χ4n) is 2.24. The molecule has 2 rings (SSSR count). The zero-order valence-electron chi connectivity index (χ0n) is 11.7. The topological polar surface area (TPSA) is 58.2 Å². The molecule has 0 spiro atoms. The van der Waals surface area contributed by atoms with Crippen molar-refractivity contribution in [3.05, 3.63) is 28.5 Å². The van der Waals surface area contributed by atoms with Crippen LogP contribution < -0.4 is 10.0 Å². The Kier molecular flexibility index (Phi) is 6.87. The van der Waals surface area contributed by atoms with Gasteiger partial charge in [-0.3, -0.25) is 0 Å². The van der Waals surface area contributed by atoms with Crippen molar-refractivity contribution in [1.29, 1.82) is 0 Å². The average Bonchev–Trinajstić information content (AvgIpc) is 2.42. The summed E-state index contributed by atoms with van der Waals surface area (Å²) in [7, 11) is -3.71. The van der Waals surface area contributed by atoms with Crippen molar-refractivity contribution in [2.75, 3.05) is 19.6 Å². The second-order valence-corrected chi connectivity index (χ2v) is 7.24. The molecule has 1 aliphatic heterocycles. The highest BCUT2D eigenvalue weighted by Crippen LogP contribution is 2.24. The smallest absolute Gasteiger partial charge is 0.242 e. The zero-order chi connectivity index (χ0) is 14.8. The minimum Gasteiger partial charge on any atom is -0.316 e. The third kappa shape index (κ3) is 4.79. The van der Waals surface area contributed by atoms with Gasteiger partial charge in [-0.1, -0.05) is 11.6 Å². The maximum atomic E-state index is 13.3. The van der Waals surface area contributed by atoms with E-state index in [1.165, 1.54) is 13.0 Å². The Labute approximate surface area is 135 Å². The van der Waals surface area contributed by atoms with Crippen LogP contribution in [0.2, 0.25) is 5.02 Å². The number of hydrogen-bond donors (Lipinski definition) is 2. The Balaban J connectivity index is 0.00000220. The molecule has 8 heteroatoms. The van der Waals surface area contributed by atoms with Gasteiger partial charge in [-0.05, 0) is 56.5 Å². The molecule has 4 nitrogen and oxygen atoms in total. The van der Waals surface area contributed by atoms with Crippen molar-refractivity contribution in [3.63, 3.8) is 0 Å². The van der Waals surface area contributed by atoms with Gasteiger partial charge in [0.25, 0.3) is 0 Å². The molecule has 0 amide bonds. The van der Waals surface area contributed by atoms with Crippen molar-refractivity contribution in [2.24, 2.45) is 5.92 Å². The summed E-state index contributed by atoms with van der Waals surface area (Å²) < 4.78 is 40.3. The van der Waals surface area contributed by atoms with Crippen LogP contribution in [0.15, 0.2) is 17.0 Å². The number of halogens is 3. The van der Waals surface area contributed by atoms with Crippen LogP contribution in [0.5, 0.6) is 0 Å². The highest BCUT2D eigenvalue weighted by Gasteiger charge is 2.22. The Bertz CT molecular complexity index is 590. The van der Waals surface area contributed by atoms with E-state index in [4.69, 9.17) is 11.6 Å². The molecular formula is C13H19Cl2FN2O2S. The molecule has 1 aromatic rings. The largest absolute Gasteiger partial charge is 0.316 e. The molecular weight excluding hydrogens is 338 g/mol. The van der Waals surface area contributed by atoms with Crippen LogP contribution in [-0.2, 0) is 10.0 Å². The fourth-order valence-corrected chi connectivity index (χ4v) is 3.95. The van der Waals surface area contributed by atoms with Crippen molar-refractivity contribution in [3.8, 4) is 0 Å². The van der Waals surface area contributed by atoms with Gasteiger partial charge in [-0.2, -0.15) is 0 Å². The van der Waals surface area contributed by atoms with E-state index in [0.717, 1.165) is 32.0 Å². The first-order chi connectivity index (χ1) is 9.40. The first kappa shape index (κ1) is 18.6. The molecule has 0 aromatic heterocycles. The minimum atomic E-state index is -3.71. The average molecular weight is 357 g/mol. The van der Waals surface area contributed by atoms with E-state index in [1.807, 2.05) is 0 Å². The Morgan fingerprint density at radius 2 is 2.19 bits per heavy atom. The predicted molar refractivity (Wildman–Crippen MR) is 84.2 cm³/mol. The molecule has 0 radical (unpaired) electrons. The molecule has 1 saturated heterocycles. The van der Waals surface area contributed by atoms with Gasteiger partial charge in [0.15, 0.2) is 0 Å². The number of hydrogen-bond acceptors (Lipinski definition) is 3. The summed E-state index contributed by atoms with van der Waals surface area (Å²) in [5.74, 6) is -0.232. The molecule has 1 fully saturated rings. The van der Waals surface area contributed by atoms with Crippen molar-refractivity contribution < 1.29 is 12.8 Å². The molecule has 120 valence electrons.